The van der Waals surface area contributed by atoms with Gasteiger partial charge in [0.25, 0.3) is 5.19 Å². The normalized spacial score (nSPS) is 10.1. The molecule has 0 aromatic carbocycles. The van der Waals surface area contributed by atoms with E-state index >= 15 is 0 Å². The quantitative estimate of drug-likeness (QED) is 0.845. The van der Waals surface area contributed by atoms with E-state index in [1.165, 1.54) is 11.3 Å². The van der Waals surface area contributed by atoms with Crippen molar-refractivity contribution in [1.82, 2.24) is 9.97 Å². The highest BCUT2D eigenvalue weighted by atomic mass is 79.9. The second-order valence-electron chi connectivity index (χ2n) is 2.38. The lowest BCUT2D eigenvalue weighted by Gasteiger charge is -1.99. The number of nitrogens with zero attached hydrogens (tertiary/aromatic N) is 2. The van der Waals surface area contributed by atoms with Crippen LogP contribution in [0.5, 0.6) is 10.9 Å². The molecule has 0 saturated heterocycles. The maximum absolute atomic E-state index is 5.75. The van der Waals surface area contributed by atoms with Gasteiger partial charge in [-0.15, -0.1) is 0 Å². The van der Waals surface area contributed by atoms with Crippen LogP contribution < -0.4 is 4.74 Å². The third-order valence-corrected chi connectivity index (χ3v) is 2.97. The lowest BCUT2D eigenvalue weighted by molar-refractivity contribution is 0.476. The largest absolute Gasteiger partial charge is 0.429 e. The highest BCUT2D eigenvalue weighted by Crippen LogP contribution is 2.27. The van der Waals surface area contributed by atoms with E-state index in [1.54, 1.807) is 18.5 Å². The van der Waals surface area contributed by atoms with E-state index < -0.39 is 0 Å². The Morgan fingerprint density at radius 2 is 2.29 bits per heavy atom. The monoisotopic (exact) mass is 290 g/mol. The molecule has 0 atom stereocenters. The molecule has 0 radical (unpaired) electrons. The van der Waals surface area contributed by atoms with Gasteiger partial charge in [-0.1, -0.05) is 22.9 Å². The minimum absolute atomic E-state index is 0.540. The average molecular weight is 292 g/mol. The van der Waals surface area contributed by atoms with E-state index in [4.69, 9.17) is 16.3 Å². The van der Waals surface area contributed by atoms with Gasteiger partial charge in [0.15, 0.2) is 0 Å². The molecule has 0 saturated carbocycles. The Bertz CT molecular complexity index is 448. The van der Waals surface area contributed by atoms with Crippen LogP contribution in [0.1, 0.15) is 0 Å². The summed E-state index contributed by atoms with van der Waals surface area (Å²) in [6.45, 7) is 0. The molecule has 0 aliphatic carbocycles. The van der Waals surface area contributed by atoms with Crippen molar-refractivity contribution in [2.45, 2.75) is 0 Å². The van der Waals surface area contributed by atoms with E-state index in [1.807, 2.05) is 5.38 Å². The number of rotatable bonds is 2. The van der Waals surface area contributed by atoms with Gasteiger partial charge in [0, 0.05) is 17.6 Å². The first-order valence-electron chi connectivity index (χ1n) is 3.63. The van der Waals surface area contributed by atoms with Gasteiger partial charge in [0.2, 0.25) is 0 Å². The van der Waals surface area contributed by atoms with Crippen LogP contribution in [0.2, 0.25) is 5.02 Å². The van der Waals surface area contributed by atoms with Gasteiger partial charge in [-0.05, 0) is 15.9 Å². The van der Waals surface area contributed by atoms with Gasteiger partial charge >= 0.3 is 0 Å². The van der Waals surface area contributed by atoms with E-state index in [-0.39, 0.29) is 0 Å². The molecule has 6 heteroatoms. The maximum Gasteiger partial charge on any atom is 0.279 e. The van der Waals surface area contributed by atoms with Crippen LogP contribution in [0.25, 0.3) is 0 Å². The molecule has 2 aromatic rings. The molecule has 0 bridgehead atoms. The van der Waals surface area contributed by atoms with Crippen LogP contribution in [-0.2, 0) is 0 Å². The number of pyridine rings is 1. The molecule has 14 heavy (non-hydrogen) atoms. The summed E-state index contributed by atoms with van der Waals surface area (Å²) in [5, 5.41) is 2.94. The summed E-state index contributed by atoms with van der Waals surface area (Å²) in [6.07, 6.45) is 3.13. The molecule has 2 rings (SSSR count). The summed E-state index contributed by atoms with van der Waals surface area (Å²) in [5.41, 5.74) is 0. The predicted molar refractivity (Wildman–Crippen MR) is 59.1 cm³/mol. The topological polar surface area (TPSA) is 35.0 Å². The zero-order valence-corrected chi connectivity index (χ0v) is 9.93. The van der Waals surface area contributed by atoms with Gasteiger partial charge in [0.1, 0.15) is 10.4 Å². The molecule has 72 valence electrons. The Hall–Kier alpha value is -0.650. The fourth-order valence-electron chi connectivity index (χ4n) is 0.835. The summed E-state index contributed by atoms with van der Waals surface area (Å²) in [6, 6.07) is 1.68. The summed E-state index contributed by atoms with van der Waals surface area (Å²) >= 11 is 10.4. The fraction of sp³-hybridized carbons (Fsp3) is 0. The smallest absolute Gasteiger partial charge is 0.279 e. The van der Waals surface area contributed by atoms with Crippen LogP contribution in [0.4, 0.5) is 0 Å². The Morgan fingerprint density at radius 1 is 1.43 bits per heavy atom. The molecular formula is C8H4BrClN2OS. The first kappa shape index (κ1) is 9.89. The van der Waals surface area contributed by atoms with Crippen molar-refractivity contribution in [3.8, 4) is 10.9 Å². The molecule has 2 heterocycles. The number of thiazole rings is 1. The molecule has 0 fully saturated rings. The minimum Gasteiger partial charge on any atom is -0.429 e. The fourth-order valence-corrected chi connectivity index (χ4v) is 2.10. The third kappa shape index (κ3) is 2.43. The van der Waals surface area contributed by atoms with Crippen LogP contribution in [0, 0.1) is 0 Å². The molecule has 0 N–H and O–H groups in total. The standard InChI is InChI=1S/C8H4BrClN2OS/c9-7-4-14-8(12-7)13-6-1-5(10)2-11-3-6/h1-4H. The van der Waals surface area contributed by atoms with Gasteiger partial charge < -0.3 is 4.74 Å². The summed E-state index contributed by atoms with van der Waals surface area (Å²) in [7, 11) is 0. The second-order valence-corrected chi connectivity index (χ2v) is 4.45. The molecule has 0 aliphatic rings. The maximum atomic E-state index is 5.75. The molecule has 0 spiro atoms. The lowest BCUT2D eigenvalue weighted by Crippen LogP contribution is -1.83. The van der Waals surface area contributed by atoms with Crippen molar-refractivity contribution in [3.63, 3.8) is 0 Å². The first-order chi connectivity index (χ1) is 6.74. The number of ether oxygens (including phenoxy) is 1. The van der Waals surface area contributed by atoms with Crippen molar-refractivity contribution in [2.24, 2.45) is 0 Å². The summed E-state index contributed by atoms with van der Waals surface area (Å²) in [4.78, 5) is 7.97. The Kier molecular flexibility index (Phi) is 3.00. The molecule has 0 amide bonds. The van der Waals surface area contributed by atoms with Crippen molar-refractivity contribution >= 4 is 38.9 Å². The number of hydrogen-bond acceptors (Lipinski definition) is 4. The number of aromatic nitrogens is 2. The van der Waals surface area contributed by atoms with E-state index in [0.29, 0.717) is 16.0 Å². The van der Waals surface area contributed by atoms with Gasteiger partial charge in [-0.3, -0.25) is 4.98 Å². The van der Waals surface area contributed by atoms with E-state index in [2.05, 4.69) is 25.9 Å². The Labute approximate surface area is 97.9 Å². The highest BCUT2D eigenvalue weighted by molar-refractivity contribution is 9.10. The van der Waals surface area contributed by atoms with Crippen LogP contribution >= 0.6 is 38.9 Å². The molecule has 0 aliphatic heterocycles. The van der Waals surface area contributed by atoms with Crippen LogP contribution in [0.3, 0.4) is 0 Å². The van der Waals surface area contributed by atoms with Crippen LogP contribution in [-0.4, -0.2) is 9.97 Å². The molecule has 2 aromatic heterocycles. The van der Waals surface area contributed by atoms with Gasteiger partial charge in [-0.25, -0.2) is 0 Å². The van der Waals surface area contributed by atoms with E-state index in [9.17, 15) is 0 Å². The number of hydrogen-bond donors (Lipinski definition) is 0. The average Bonchev–Trinajstić information content (AvgIpc) is 2.51. The molecular weight excluding hydrogens is 288 g/mol. The lowest BCUT2D eigenvalue weighted by atomic mass is 10.5. The van der Waals surface area contributed by atoms with Gasteiger partial charge in [-0.2, -0.15) is 4.98 Å². The van der Waals surface area contributed by atoms with Crippen molar-refractivity contribution in [2.75, 3.05) is 0 Å². The zero-order valence-electron chi connectivity index (χ0n) is 6.78. The van der Waals surface area contributed by atoms with Crippen molar-refractivity contribution < 1.29 is 4.74 Å². The van der Waals surface area contributed by atoms with Crippen molar-refractivity contribution in [3.05, 3.63) is 33.5 Å². The highest BCUT2D eigenvalue weighted by Gasteiger charge is 2.02. The van der Waals surface area contributed by atoms with E-state index in [0.717, 1.165) is 4.60 Å². The number of halogens is 2. The molecule has 0 unspecified atom stereocenters. The minimum atomic E-state index is 0.540. The predicted octanol–water partition coefficient (Wildman–Crippen LogP) is 3.75. The Morgan fingerprint density at radius 3 is 2.93 bits per heavy atom. The van der Waals surface area contributed by atoms with Crippen molar-refractivity contribution in [1.29, 1.82) is 0 Å². The SMILES string of the molecule is Clc1cncc(Oc2nc(Br)cs2)c1. The van der Waals surface area contributed by atoms with Crippen LogP contribution in [0.15, 0.2) is 28.4 Å². The first-order valence-corrected chi connectivity index (χ1v) is 5.68. The zero-order chi connectivity index (χ0) is 9.97. The summed E-state index contributed by atoms with van der Waals surface area (Å²) in [5.74, 6) is 0.583. The van der Waals surface area contributed by atoms with Gasteiger partial charge in [0.05, 0.1) is 11.2 Å². The second kappa shape index (κ2) is 4.25. The Balaban J connectivity index is 2.18. The summed E-state index contributed by atoms with van der Waals surface area (Å²) < 4.78 is 6.17. The molecule has 3 nitrogen and oxygen atoms in total. The third-order valence-electron chi connectivity index (χ3n) is 1.34.